The van der Waals surface area contributed by atoms with Gasteiger partial charge in [0.25, 0.3) is 0 Å². The van der Waals surface area contributed by atoms with Crippen molar-refractivity contribution in [1.29, 1.82) is 0 Å². The highest BCUT2D eigenvalue weighted by Crippen LogP contribution is 2.29. The lowest BCUT2D eigenvalue weighted by Crippen LogP contribution is -2.19. The molecule has 4 nitrogen and oxygen atoms in total. The Morgan fingerprint density at radius 1 is 1.24 bits per heavy atom. The van der Waals surface area contributed by atoms with E-state index in [4.69, 9.17) is 4.74 Å². The highest BCUT2D eigenvalue weighted by atomic mass is 16.5. The molecular formula is C13H17N3O. The Morgan fingerprint density at radius 2 is 2.06 bits per heavy atom. The van der Waals surface area contributed by atoms with Crippen molar-refractivity contribution in [2.75, 3.05) is 0 Å². The molecule has 0 amide bonds. The third-order valence-electron chi connectivity index (χ3n) is 3.46. The van der Waals surface area contributed by atoms with Gasteiger partial charge in [0.2, 0.25) is 0 Å². The van der Waals surface area contributed by atoms with E-state index >= 15 is 0 Å². The van der Waals surface area contributed by atoms with Gasteiger partial charge in [-0.3, -0.25) is 10.1 Å². The number of pyridine rings is 1. The summed E-state index contributed by atoms with van der Waals surface area (Å²) in [7, 11) is 0. The molecular weight excluding hydrogens is 214 g/mol. The summed E-state index contributed by atoms with van der Waals surface area (Å²) in [6, 6.07) is 0. The van der Waals surface area contributed by atoms with Gasteiger partial charge < -0.3 is 4.74 Å². The molecule has 0 bridgehead atoms. The molecule has 2 aromatic rings. The predicted octanol–water partition coefficient (Wildman–Crippen LogP) is 2.98. The van der Waals surface area contributed by atoms with Gasteiger partial charge in [0.15, 0.2) is 0 Å². The quantitative estimate of drug-likeness (QED) is 0.864. The maximum absolute atomic E-state index is 6.09. The fraction of sp³-hybridized carbons (Fsp3) is 0.538. The minimum atomic E-state index is 0.352. The number of aromatic nitrogens is 3. The minimum absolute atomic E-state index is 0.352. The van der Waals surface area contributed by atoms with Crippen LogP contribution in [0.25, 0.3) is 10.9 Å². The molecule has 90 valence electrons. The Bertz CT molecular complexity index is 514. The van der Waals surface area contributed by atoms with Crippen molar-refractivity contribution in [1.82, 2.24) is 15.2 Å². The molecule has 0 unspecified atom stereocenters. The van der Waals surface area contributed by atoms with Gasteiger partial charge in [0, 0.05) is 0 Å². The van der Waals surface area contributed by atoms with E-state index in [0.717, 1.165) is 35.2 Å². The van der Waals surface area contributed by atoms with Crippen molar-refractivity contribution in [3.05, 3.63) is 18.1 Å². The van der Waals surface area contributed by atoms with Gasteiger partial charge in [0.1, 0.15) is 5.75 Å². The number of rotatable bonds is 2. The molecule has 3 rings (SSSR count). The Labute approximate surface area is 100 Å². The fourth-order valence-electron chi connectivity index (χ4n) is 2.55. The van der Waals surface area contributed by atoms with Crippen molar-refractivity contribution < 1.29 is 4.74 Å². The number of fused-ring (bicyclic) bond motifs is 1. The Morgan fingerprint density at radius 3 is 2.88 bits per heavy atom. The van der Waals surface area contributed by atoms with E-state index in [1.54, 1.807) is 12.4 Å². The molecule has 1 N–H and O–H groups in total. The topological polar surface area (TPSA) is 50.8 Å². The highest BCUT2D eigenvalue weighted by Gasteiger charge is 2.17. The summed E-state index contributed by atoms with van der Waals surface area (Å²) in [6.07, 6.45) is 10.2. The van der Waals surface area contributed by atoms with Crippen molar-refractivity contribution >= 4 is 10.9 Å². The molecule has 1 aliphatic carbocycles. The molecule has 1 saturated carbocycles. The SMILES string of the molecule is Cc1n[nH]c2cncc(OC3CCCCC3)c12. The molecule has 2 aromatic heterocycles. The first-order valence-corrected chi connectivity index (χ1v) is 6.30. The van der Waals surface area contributed by atoms with Gasteiger partial charge in [0.05, 0.1) is 35.1 Å². The Kier molecular flexibility index (Phi) is 2.71. The second-order valence-corrected chi connectivity index (χ2v) is 4.75. The molecule has 4 heteroatoms. The summed E-state index contributed by atoms with van der Waals surface area (Å²) in [5.41, 5.74) is 1.93. The second kappa shape index (κ2) is 4.35. The van der Waals surface area contributed by atoms with E-state index in [2.05, 4.69) is 15.2 Å². The number of nitrogens with one attached hydrogen (secondary N) is 1. The van der Waals surface area contributed by atoms with Crippen LogP contribution >= 0.6 is 0 Å². The number of H-pyrrole nitrogens is 1. The predicted molar refractivity (Wildman–Crippen MR) is 66.1 cm³/mol. The lowest BCUT2D eigenvalue weighted by atomic mass is 9.98. The van der Waals surface area contributed by atoms with Crippen LogP contribution in [0.3, 0.4) is 0 Å². The number of hydrogen-bond acceptors (Lipinski definition) is 3. The monoisotopic (exact) mass is 231 g/mol. The van der Waals surface area contributed by atoms with E-state index in [0.29, 0.717) is 6.10 Å². The van der Waals surface area contributed by atoms with Gasteiger partial charge in [-0.2, -0.15) is 5.10 Å². The van der Waals surface area contributed by atoms with Gasteiger partial charge in [-0.1, -0.05) is 6.42 Å². The molecule has 0 atom stereocenters. The average molecular weight is 231 g/mol. The lowest BCUT2D eigenvalue weighted by Gasteiger charge is -2.23. The van der Waals surface area contributed by atoms with Crippen LogP contribution in [0, 0.1) is 6.92 Å². The average Bonchev–Trinajstić information content (AvgIpc) is 2.74. The summed E-state index contributed by atoms with van der Waals surface area (Å²) >= 11 is 0. The number of hydrogen-bond donors (Lipinski definition) is 1. The zero-order valence-corrected chi connectivity index (χ0v) is 10.1. The molecule has 1 fully saturated rings. The first-order valence-electron chi connectivity index (χ1n) is 6.30. The third kappa shape index (κ3) is 1.99. The summed E-state index contributed by atoms with van der Waals surface area (Å²) in [5.74, 6) is 0.876. The van der Waals surface area contributed by atoms with E-state index in [1.807, 2.05) is 6.92 Å². The standard InChI is InChI=1S/C13H17N3O/c1-9-13-11(16-15-9)7-14-8-12(13)17-10-5-3-2-4-6-10/h7-8,10H,2-6H2,1H3,(H,15,16). The van der Waals surface area contributed by atoms with Crippen molar-refractivity contribution in [3.8, 4) is 5.75 Å². The highest BCUT2D eigenvalue weighted by molar-refractivity contribution is 5.86. The summed E-state index contributed by atoms with van der Waals surface area (Å²) in [5, 5.41) is 8.25. The minimum Gasteiger partial charge on any atom is -0.488 e. The number of aryl methyl sites for hydroxylation is 1. The largest absolute Gasteiger partial charge is 0.488 e. The van der Waals surface area contributed by atoms with Crippen LogP contribution in [0.4, 0.5) is 0 Å². The van der Waals surface area contributed by atoms with Crippen LogP contribution in [0.1, 0.15) is 37.8 Å². The second-order valence-electron chi connectivity index (χ2n) is 4.75. The van der Waals surface area contributed by atoms with Crippen LogP contribution in [0.15, 0.2) is 12.4 Å². The van der Waals surface area contributed by atoms with Crippen LogP contribution < -0.4 is 4.74 Å². The number of nitrogens with zero attached hydrogens (tertiary/aromatic N) is 2. The molecule has 2 heterocycles. The van der Waals surface area contributed by atoms with Crippen LogP contribution in [-0.2, 0) is 0 Å². The van der Waals surface area contributed by atoms with E-state index < -0.39 is 0 Å². The zero-order valence-electron chi connectivity index (χ0n) is 10.1. The Hall–Kier alpha value is -1.58. The normalized spacial score (nSPS) is 17.5. The molecule has 17 heavy (non-hydrogen) atoms. The van der Waals surface area contributed by atoms with Gasteiger partial charge in [-0.25, -0.2) is 0 Å². The maximum Gasteiger partial charge on any atom is 0.149 e. The van der Waals surface area contributed by atoms with Gasteiger partial charge in [-0.15, -0.1) is 0 Å². The van der Waals surface area contributed by atoms with E-state index in [-0.39, 0.29) is 0 Å². The van der Waals surface area contributed by atoms with E-state index in [1.165, 1.54) is 19.3 Å². The first-order chi connectivity index (χ1) is 8.34. The van der Waals surface area contributed by atoms with Gasteiger partial charge in [-0.05, 0) is 32.6 Å². The molecule has 1 aliphatic rings. The van der Waals surface area contributed by atoms with E-state index in [9.17, 15) is 0 Å². The van der Waals surface area contributed by atoms with Crippen molar-refractivity contribution in [3.63, 3.8) is 0 Å². The first kappa shape index (κ1) is 10.6. The fourth-order valence-corrected chi connectivity index (χ4v) is 2.55. The van der Waals surface area contributed by atoms with Crippen molar-refractivity contribution in [2.45, 2.75) is 45.1 Å². The molecule has 0 saturated heterocycles. The molecule has 0 radical (unpaired) electrons. The van der Waals surface area contributed by atoms with Crippen LogP contribution in [0.2, 0.25) is 0 Å². The molecule has 0 aliphatic heterocycles. The zero-order chi connectivity index (χ0) is 11.7. The summed E-state index contributed by atoms with van der Waals surface area (Å²) < 4.78 is 6.09. The molecule has 0 spiro atoms. The summed E-state index contributed by atoms with van der Waals surface area (Å²) in [4.78, 5) is 4.20. The number of ether oxygens (including phenoxy) is 1. The smallest absolute Gasteiger partial charge is 0.149 e. The molecule has 0 aromatic carbocycles. The maximum atomic E-state index is 6.09. The third-order valence-corrected chi connectivity index (χ3v) is 3.46. The van der Waals surface area contributed by atoms with Crippen LogP contribution in [-0.4, -0.2) is 21.3 Å². The number of aromatic amines is 1. The van der Waals surface area contributed by atoms with Gasteiger partial charge >= 0.3 is 0 Å². The lowest BCUT2D eigenvalue weighted by molar-refractivity contribution is 0.156. The summed E-state index contributed by atoms with van der Waals surface area (Å²) in [6.45, 7) is 1.99. The van der Waals surface area contributed by atoms with Crippen LogP contribution in [0.5, 0.6) is 5.75 Å². The Balaban J connectivity index is 1.91. The van der Waals surface area contributed by atoms with Crippen molar-refractivity contribution in [2.24, 2.45) is 0 Å².